The summed E-state index contributed by atoms with van der Waals surface area (Å²) in [6.45, 7) is 2.42. The van der Waals surface area contributed by atoms with Gasteiger partial charge in [0.1, 0.15) is 0 Å². The minimum atomic E-state index is 0.00584. The van der Waals surface area contributed by atoms with E-state index in [0.717, 1.165) is 4.88 Å². The second-order valence-electron chi connectivity index (χ2n) is 3.19. The molecule has 0 atom stereocenters. The highest BCUT2D eigenvalue weighted by Crippen LogP contribution is 2.29. The summed E-state index contributed by atoms with van der Waals surface area (Å²) in [5.74, 6) is 5.72. The molecule has 2 rings (SSSR count). The molecule has 0 aliphatic carbocycles. The van der Waals surface area contributed by atoms with Crippen molar-refractivity contribution < 1.29 is 4.79 Å². The van der Waals surface area contributed by atoms with Gasteiger partial charge in [-0.1, -0.05) is 0 Å². The minimum Gasteiger partial charge on any atom is -0.350 e. The maximum absolute atomic E-state index is 11.7. The molecule has 2 heterocycles. The van der Waals surface area contributed by atoms with Gasteiger partial charge in [0.15, 0.2) is 0 Å². The highest BCUT2D eigenvalue weighted by atomic mass is 32.1. The largest absolute Gasteiger partial charge is 0.350 e. The van der Waals surface area contributed by atoms with E-state index in [0.29, 0.717) is 13.0 Å². The lowest BCUT2D eigenvalue weighted by Crippen LogP contribution is -2.23. The molecule has 0 saturated heterocycles. The highest BCUT2D eigenvalue weighted by Gasteiger charge is 2.09. The molecular weight excluding hydrogens is 238 g/mol. The fraction of sp³-hybridized carbons (Fsp3) is 0.250. The summed E-state index contributed by atoms with van der Waals surface area (Å²) in [6, 6.07) is 4.00. The summed E-state index contributed by atoms with van der Waals surface area (Å²) in [4.78, 5) is 12.5. The van der Waals surface area contributed by atoms with Crippen molar-refractivity contribution in [3.63, 3.8) is 0 Å². The van der Waals surface area contributed by atoms with Crippen LogP contribution < -0.4 is 5.32 Å². The lowest BCUT2D eigenvalue weighted by Gasteiger charge is -1.98. The van der Waals surface area contributed by atoms with Gasteiger partial charge in [-0.25, -0.2) is 0 Å². The van der Waals surface area contributed by atoms with Crippen LogP contribution in [0.2, 0.25) is 0 Å². The summed E-state index contributed by atoms with van der Waals surface area (Å²) in [5, 5.41) is 4.90. The van der Waals surface area contributed by atoms with Crippen LogP contribution in [0, 0.1) is 11.8 Å². The lowest BCUT2D eigenvalue weighted by molar-refractivity contribution is 0.0958. The van der Waals surface area contributed by atoms with Gasteiger partial charge in [-0.05, 0) is 24.4 Å². The highest BCUT2D eigenvalue weighted by molar-refractivity contribution is 7.27. The average Bonchev–Trinajstić information content (AvgIpc) is 2.83. The molecule has 0 bridgehead atoms. The SMILES string of the molecule is CC#CCCNC(=O)c1cc2sccc2s1. The molecule has 0 aromatic carbocycles. The Balaban J connectivity index is 1.98. The maximum atomic E-state index is 11.7. The quantitative estimate of drug-likeness (QED) is 0.657. The molecule has 16 heavy (non-hydrogen) atoms. The molecule has 2 aromatic heterocycles. The smallest absolute Gasteiger partial charge is 0.261 e. The molecule has 4 heteroatoms. The fourth-order valence-electron chi connectivity index (χ4n) is 1.33. The molecular formula is C12H11NOS2. The predicted molar refractivity (Wildman–Crippen MR) is 70.1 cm³/mol. The molecule has 0 aliphatic heterocycles. The van der Waals surface area contributed by atoms with Crippen molar-refractivity contribution in [3.8, 4) is 11.8 Å². The molecule has 2 nitrogen and oxygen atoms in total. The monoisotopic (exact) mass is 249 g/mol. The summed E-state index contributed by atoms with van der Waals surface area (Å²) in [6.07, 6.45) is 0.710. The Kier molecular flexibility index (Phi) is 3.60. The van der Waals surface area contributed by atoms with Crippen LogP contribution in [-0.2, 0) is 0 Å². The van der Waals surface area contributed by atoms with Gasteiger partial charge in [0, 0.05) is 22.4 Å². The average molecular weight is 249 g/mol. The van der Waals surface area contributed by atoms with Crippen molar-refractivity contribution in [2.45, 2.75) is 13.3 Å². The summed E-state index contributed by atoms with van der Waals surface area (Å²) >= 11 is 3.20. The fourth-order valence-corrected chi connectivity index (χ4v) is 3.35. The van der Waals surface area contributed by atoms with E-state index in [9.17, 15) is 4.79 Å². The van der Waals surface area contributed by atoms with E-state index in [1.807, 2.05) is 17.5 Å². The predicted octanol–water partition coefficient (Wildman–Crippen LogP) is 3.11. The van der Waals surface area contributed by atoms with E-state index >= 15 is 0 Å². The molecule has 1 N–H and O–H groups in total. The van der Waals surface area contributed by atoms with Gasteiger partial charge in [-0.15, -0.1) is 34.5 Å². The Bertz CT molecular complexity index is 528. The van der Waals surface area contributed by atoms with Gasteiger partial charge in [0.2, 0.25) is 0 Å². The van der Waals surface area contributed by atoms with Gasteiger partial charge in [-0.2, -0.15) is 0 Å². The third-order valence-corrected chi connectivity index (χ3v) is 4.17. The summed E-state index contributed by atoms with van der Waals surface area (Å²) in [5.41, 5.74) is 0. The van der Waals surface area contributed by atoms with Crippen molar-refractivity contribution >= 4 is 38.0 Å². The van der Waals surface area contributed by atoms with Crippen LogP contribution in [0.15, 0.2) is 17.5 Å². The van der Waals surface area contributed by atoms with Crippen molar-refractivity contribution in [3.05, 3.63) is 22.4 Å². The number of rotatable bonds is 3. The molecule has 0 spiro atoms. The first kappa shape index (κ1) is 11.2. The van der Waals surface area contributed by atoms with Crippen molar-refractivity contribution in [1.82, 2.24) is 5.32 Å². The van der Waals surface area contributed by atoms with E-state index in [-0.39, 0.29) is 5.91 Å². The van der Waals surface area contributed by atoms with E-state index in [1.165, 1.54) is 20.7 Å². The third kappa shape index (κ3) is 2.43. The van der Waals surface area contributed by atoms with Crippen LogP contribution >= 0.6 is 22.7 Å². The van der Waals surface area contributed by atoms with Crippen LogP contribution in [0.25, 0.3) is 9.40 Å². The summed E-state index contributed by atoms with van der Waals surface area (Å²) < 4.78 is 2.37. The molecule has 0 fully saturated rings. The zero-order valence-corrected chi connectivity index (χ0v) is 10.5. The van der Waals surface area contributed by atoms with Crippen molar-refractivity contribution in [2.24, 2.45) is 0 Å². The first-order valence-corrected chi connectivity index (χ1v) is 6.65. The molecule has 82 valence electrons. The standard InChI is InChI=1S/C12H11NOS2/c1-2-3-4-6-13-12(14)11-8-10-9(16-11)5-7-15-10/h5,7-8H,4,6H2,1H3,(H,13,14). The van der Waals surface area contributed by atoms with Gasteiger partial charge in [0.05, 0.1) is 4.88 Å². The number of carbonyl (C=O) groups is 1. The lowest BCUT2D eigenvalue weighted by atomic mass is 10.4. The number of amides is 1. The Morgan fingerprint density at radius 1 is 1.50 bits per heavy atom. The zero-order valence-electron chi connectivity index (χ0n) is 8.87. The second-order valence-corrected chi connectivity index (χ2v) is 5.22. The Morgan fingerprint density at radius 3 is 3.12 bits per heavy atom. The van der Waals surface area contributed by atoms with Gasteiger partial charge in [0.25, 0.3) is 5.91 Å². The zero-order chi connectivity index (χ0) is 11.4. The van der Waals surface area contributed by atoms with Crippen LogP contribution in [0.1, 0.15) is 23.0 Å². The second kappa shape index (κ2) is 5.15. The minimum absolute atomic E-state index is 0.00584. The van der Waals surface area contributed by atoms with E-state index in [4.69, 9.17) is 0 Å². The first-order chi connectivity index (χ1) is 7.81. The van der Waals surface area contributed by atoms with E-state index in [2.05, 4.69) is 17.2 Å². The molecule has 1 amide bonds. The Morgan fingerprint density at radius 2 is 2.38 bits per heavy atom. The Hall–Kier alpha value is -1.31. The number of nitrogens with one attached hydrogen (secondary N) is 1. The number of carbonyl (C=O) groups excluding carboxylic acids is 1. The van der Waals surface area contributed by atoms with Crippen LogP contribution in [0.4, 0.5) is 0 Å². The normalized spacial score (nSPS) is 9.81. The summed E-state index contributed by atoms with van der Waals surface area (Å²) in [7, 11) is 0. The van der Waals surface area contributed by atoms with Gasteiger partial charge < -0.3 is 5.32 Å². The van der Waals surface area contributed by atoms with Crippen molar-refractivity contribution in [1.29, 1.82) is 0 Å². The van der Waals surface area contributed by atoms with Crippen LogP contribution in [0.3, 0.4) is 0 Å². The molecule has 2 aromatic rings. The van der Waals surface area contributed by atoms with Crippen LogP contribution in [-0.4, -0.2) is 12.5 Å². The third-order valence-electron chi connectivity index (χ3n) is 2.08. The van der Waals surface area contributed by atoms with Gasteiger partial charge >= 0.3 is 0 Å². The number of hydrogen-bond acceptors (Lipinski definition) is 3. The maximum Gasteiger partial charge on any atom is 0.261 e. The molecule has 0 unspecified atom stereocenters. The molecule has 0 radical (unpaired) electrons. The topological polar surface area (TPSA) is 29.1 Å². The van der Waals surface area contributed by atoms with Crippen molar-refractivity contribution in [2.75, 3.05) is 6.54 Å². The molecule has 0 saturated carbocycles. The van der Waals surface area contributed by atoms with E-state index in [1.54, 1.807) is 18.3 Å². The number of hydrogen-bond donors (Lipinski definition) is 1. The van der Waals surface area contributed by atoms with Gasteiger partial charge in [-0.3, -0.25) is 4.79 Å². The van der Waals surface area contributed by atoms with E-state index < -0.39 is 0 Å². The Labute approximate surface area is 102 Å². The number of thiophene rings is 2. The number of fused-ring (bicyclic) bond motifs is 1. The van der Waals surface area contributed by atoms with Crippen LogP contribution in [0.5, 0.6) is 0 Å². The molecule has 0 aliphatic rings. The first-order valence-electron chi connectivity index (χ1n) is 4.96.